The van der Waals surface area contributed by atoms with Crippen LogP contribution >= 0.6 is 0 Å². The summed E-state index contributed by atoms with van der Waals surface area (Å²) in [5, 5.41) is 2.43. The summed E-state index contributed by atoms with van der Waals surface area (Å²) >= 11 is 0. The van der Waals surface area contributed by atoms with Crippen molar-refractivity contribution in [2.24, 2.45) is 5.73 Å². The Morgan fingerprint density at radius 2 is 2.05 bits per heavy atom. The van der Waals surface area contributed by atoms with E-state index in [0.717, 1.165) is 12.1 Å². The van der Waals surface area contributed by atoms with Gasteiger partial charge in [0, 0.05) is 5.56 Å². The first-order valence-corrected chi connectivity index (χ1v) is 6.24. The Labute approximate surface area is 122 Å². The maximum atomic E-state index is 13.1. The number of primary amides is 1. The van der Waals surface area contributed by atoms with Crippen molar-refractivity contribution in [3.8, 4) is 11.8 Å². The lowest BCUT2D eigenvalue weighted by Crippen LogP contribution is -2.32. The van der Waals surface area contributed by atoms with Crippen molar-refractivity contribution in [1.82, 2.24) is 5.32 Å². The van der Waals surface area contributed by atoms with Gasteiger partial charge in [-0.1, -0.05) is 11.8 Å². The van der Waals surface area contributed by atoms with E-state index in [9.17, 15) is 14.0 Å². The molecule has 0 heterocycles. The molecule has 0 saturated heterocycles. The Morgan fingerprint density at radius 3 is 2.62 bits per heavy atom. The first-order chi connectivity index (χ1) is 9.69. The molecule has 21 heavy (non-hydrogen) atoms. The first kappa shape index (κ1) is 16.5. The molecule has 1 aromatic rings. The standard InChI is InChI=1S/C15H17FN2O3/c1-15(2,3)21-14(20)18-8-4-5-10-9-11(16)6-7-12(10)13(17)19/h6-7,9H,8H2,1-3H3,(H2,17,19)(H,18,20). The maximum absolute atomic E-state index is 13.1. The van der Waals surface area contributed by atoms with E-state index in [2.05, 4.69) is 17.2 Å². The zero-order valence-corrected chi connectivity index (χ0v) is 12.1. The second-order valence-electron chi connectivity index (χ2n) is 5.21. The summed E-state index contributed by atoms with van der Waals surface area (Å²) in [7, 11) is 0. The summed E-state index contributed by atoms with van der Waals surface area (Å²) in [5.41, 5.74) is 4.87. The molecule has 0 aliphatic rings. The van der Waals surface area contributed by atoms with Gasteiger partial charge >= 0.3 is 6.09 Å². The van der Waals surface area contributed by atoms with Crippen molar-refractivity contribution in [3.05, 3.63) is 35.1 Å². The van der Waals surface area contributed by atoms with Gasteiger partial charge in [0.2, 0.25) is 5.91 Å². The number of amides is 2. The van der Waals surface area contributed by atoms with Crippen LogP contribution in [0.3, 0.4) is 0 Å². The van der Waals surface area contributed by atoms with Crippen molar-refractivity contribution in [2.75, 3.05) is 6.54 Å². The number of hydrogen-bond donors (Lipinski definition) is 2. The fourth-order valence-corrected chi connectivity index (χ4v) is 1.40. The number of benzene rings is 1. The zero-order valence-electron chi connectivity index (χ0n) is 12.1. The lowest BCUT2D eigenvalue weighted by molar-refractivity contribution is 0.0535. The van der Waals surface area contributed by atoms with E-state index in [1.165, 1.54) is 6.07 Å². The summed E-state index contributed by atoms with van der Waals surface area (Å²) in [6.07, 6.45) is -0.605. The molecular weight excluding hydrogens is 275 g/mol. The van der Waals surface area contributed by atoms with Crippen molar-refractivity contribution in [2.45, 2.75) is 26.4 Å². The highest BCUT2D eigenvalue weighted by Gasteiger charge is 2.15. The Morgan fingerprint density at radius 1 is 1.38 bits per heavy atom. The molecule has 6 heteroatoms. The van der Waals surface area contributed by atoms with Gasteiger partial charge in [0.05, 0.1) is 12.1 Å². The molecule has 5 nitrogen and oxygen atoms in total. The molecule has 0 aliphatic carbocycles. The molecule has 0 radical (unpaired) electrons. The van der Waals surface area contributed by atoms with Gasteiger partial charge in [-0.3, -0.25) is 4.79 Å². The van der Waals surface area contributed by atoms with Gasteiger partial charge in [-0.2, -0.15) is 0 Å². The number of nitrogens with two attached hydrogens (primary N) is 1. The molecule has 0 atom stereocenters. The number of halogens is 1. The van der Waals surface area contributed by atoms with Gasteiger partial charge in [0.25, 0.3) is 0 Å². The third-order valence-corrected chi connectivity index (χ3v) is 2.19. The normalized spacial score (nSPS) is 10.3. The van der Waals surface area contributed by atoms with Crippen LogP contribution in [0.1, 0.15) is 36.7 Å². The van der Waals surface area contributed by atoms with Gasteiger partial charge in [-0.25, -0.2) is 9.18 Å². The minimum absolute atomic E-state index is 0.00360. The van der Waals surface area contributed by atoms with Crippen molar-refractivity contribution in [3.63, 3.8) is 0 Å². The molecule has 2 amide bonds. The van der Waals surface area contributed by atoms with Gasteiger partial charge in [0.15, 0.2) is 0 Å². The van der Waals surface area contributed by atoms with E-state index >= 15 is 0 Å². The number of carbonyl (C=O) groups is 2. The highest BCUT2D eigenvalue weighted by Crippen LogP contribution is 2.09. The molecule has 0 saturated carbocycles. The Balaban J connectivity index is 2.69. The van der Waals surface area contributed by atoms with E-state index in [-0.39, 0.29) is 17.7 Å². The molecular formula is C15H17FN2O3. The van der Waals surface area contributed by atoms with Crippen molar-refractivity contribution < 1.29 is 18.7 Å². The minimum Gasteiger partial charge on any atom is -0.444 e. The molecule has 0 aromatic heterocycles. The van der Waals surface area contributed by atoms with Gasteiger partial charge in [0.1, 0.15) is 11.4 Å². The quantitative estimate of drug-likeness (QED) is 0.815. The predicted octanol–water partition coefficient (Wildman–Crippen LogP) is 1.80. The van der Waals surface area contributed by atoms with E-state index in [4.69, 9.17) is 10.5 Å². The van der Waals surface area contributed by atoms with Crippen molar-refractivity contribution >= 4 is 12.0 Å². The highest BCUT2D eigenvalue weighted by molar-refractivity contribution is 5.95. The zero-order chi connectivity index (χ0) is 16.0. The van der Waals surface area contributed by atoms with Crippen LogP contribution in [0.2, 0.25) is 0 Å². The van der Waals surface area contributed by atoms with Gasteiger partial charge < -0.3 is 15.8 Å². The third kappa shape index (κ3) is 5.95. The Kier molecular flexibility index (Phi) is 5.30. The number of ether oxygens (including phenoxy) is 1. The van der Waals surface area contributed by atoms with E-state index in [1.54, 1.807) is 20.8 Å². The van der Waals surface area contributed by atoms with E-state index in [1.807, 2.05) is 0 Å². The van der Waals surface area contributed by atoms with Crippen LogP contribution in [-0.4, -0.2) is 24.1 Å². The Bertz CT molecular complexity index is 610. The fourth-order valence-electron chi connectivity index (χ4n) is 1.40. The van der Waals surface area contributed by atoms with Gasteiger partial charge in [-0.15, -0.1) is 0 Å². The van der Waals surface area contributed by atoms with Crippen molar-refractivity contribution in [1.29, 1.82) is 0 Å². The molecule has 3 N–H and O–H groups in total. The first-order valence-electron chi connectivity index (χ1n) is 6.24. The smallest absolute Gasteiger partial charge is 0.408 e. The molecule has 0 bridgehead atoms. The lowest BCUT2D eigenvalue weighted by atomic mass is 10.1. The maximum Gasteiger partial charge on any atom is 0.408 e. The topological polar surface area (TPSA) is 81.4 Å². The molecule has 0 fully saturated rings. The molecule has 112 valence electrons. The SMILES string of the molecule is CC(C)(C)OC(=O)NCC#Cc1cc(F)ccc1C(N)=O. The number of alkyl carbamates (subject to hydrolysis) is 1. The van der Waals surface area contributed by atoms with Crippen LogP contribution in [0.15, 0.2) is 18.2 Å². The third-order valence-electron chi connectivity index (χ3n) is 2.19. The number of hydrogen-bond acceptors (Lipinski definition) is 3. The molecule has 1 aromatic carbocycles. The second kappa shape index (κ2) is 6.75. The summed E-state index contributed by atoms with van der Waals surface area (Å²) < 4.78 is 18.1. The van der Waals surface area contributed by atoms with E-state index in [0.29, 0.717) is 0 Å². The van der Waals surface area contributed by atoms with Crippen LogP contribution < -0.4 is 11.1 Å². The van der Waals surface area contributed by atoms with Crippen LogP contribution in [0.25, 0.3) is 0 Å². The summed E-state index contributed by atoms with van der Waals surface area (Å²) in [5.74, 6) is 3.98. The van der Waals surface area contributed by atoms with E-state index < -0.39 is 23.4 Å². The molecule has 0 unspecified atom stereocenters. The Hall–Kier alpha value is -2.55. The summed E-state index contributed by atoms with van der Waals surface area (Å²) in [4.78, 5) is 22.5. The molecule has 0 spiro atoms. The number of carbonyl (C=O) groups excluding carboxylic acids is 2. The second-order valence-corrected chi connectivity index (χ2v) is 5.21. The number of nitrogens with one attached hydrogen (secondary N) is 1. The highest BCUT2D eigenvalue weighted by atomic mass is 19.1. The lowest BCUT2D eigenvalue weighted by Gasteiger charge is -2.19. The molecule has 1 rings (SSSR count). The largest absolute Gasteiger partial charge is 0.444 e. The molecule has 0 aliphatic heterocycles. The summed E-state index contributed by atoms with van der Waals surface area (Å²) in [6, 6.07) is 3.51. The van der Waals surface area contributed by atoms with Crippen LogP contribution in [0, 0.1) is 17.7 Å². The van der Waals surface area contributed by atoms with Crippen LogP contribution in [-0.2, 0) is 4.74 Å². The monoisotopic (exact) mass is 292 g/mol. The predicted molar refractivity (Wildman–Crippen MR) is 76.0 cm³/mol. The average Bonchev–Trinajstić information content (AvgIpc) is 2.32. The fraction of sp³-hybridized carbons (Fsp3) is 0.333. The van der Waals surface area contributed by atoms with Crippen LogP contribution in [0.5, 0.6) is 0 Å². The van der Waals surface area contributed by atoms with Crippen LogP contribution in [0.4, 0.5) is 9.18 Å². The minimum atomic E-state index is -0.695. The average molecular weight is 292 g/mol. The summed E-state index contributed by atoms with van der Waals surface area (Å²) in [6.45, 7) is 5.22. The number of rotatable bonds is 2. The van der Waals surface area contributed by atoms with Gasteiger partial charge in [-0.05, 0) is 39.0 Å².